The van der Waals surface area contributed by atoms with Gasteiger partial charge in [0.2, 0.25) is 17.7 Å². The van der Waals surface area contributed by atoms with Gasteiger partial charge in [0.15, 0.2) is 0 Å². The van der Waals surface area contributed by atoms with E-state index in [4.69, 9.17) is 0 Å². The summed E-state index contributed by atoms with van der Waals surface area (Å²) in [6.07, 6.45) is 4.63. The molecule has 7 heteroatoms. The quantitative estimate of drug-likeness (QED) is 0.592. The number of para-hydroxylation sites is 1. The summed E-state index contributed by atoms with van der Waals surface area (Å²) in [6.45, 7) is 6.90. The Balaban J connectivity index is 1.25. The van der Waals surface area contributed by atoms with Crippen molar-refractivity contribution in [2.45, 2.75) is 69.9 Å². The molecular weight excluding hydrogens is 488 g/mol. The van der Waals surface area contributed by atoms with Crippen molar-refractivity contribution in [2.24, 2.45) is 5.92 Å². The summed E-state index contributed by atoms with van der Waals surface area (Å²) in [5, 5.41) is 3.15. The van der Waals surface area contributed by atoms with Gasteiger partial charge in [0, 0.05) is 31.4 Å². The van der Waals surface area contributed by atoms with E-state index in [9.17, 15) is 14.4 Å². The molecule has 3 amide bonds. The maximum Gasteiger partial charge on any atom is 0.245 e. The molecule has 2 aromatic rings. The highest BCUT2D eigenvalue weighted by Gasteiger charge is 2.47. The second-order valence-electron chi connectivity index (χ2n) is 12.1. The monoisotopic (exact) mass is 530 g/mol. The number of nitrogens with zero attached hydrogens (tertiary/aromatic N) is 3. The van der Waals surface area contributed by atoms with Gasteiger partial charge in [-0.1, -0.05) is 48.5 Å². The first-order chi connectivity index (χ1) is 18.8. The minimum absolute atomic E-state index is 0.00428. The fourth-order valence-electron chi connectivity index (χ4n) is 6.55. The van der Waals surface area contributed by atoms with Crippen molar-refractivity contribution in [3.05, 3.63) is 65.7 Å². The summed E-state index contributed by atoms with van der Waals surface area (Å²) < 4.78 is 0. The average Bonchev–Trinajstić information content (AvgIpc) is 3.16. The molecule has 0 aromatic heterocycles. The minimum Gasteiger partial charge on any atom is -0.344 e. The van der Waals surface area contributed by atoms with Crippen molar-refractivity contribution in [2.75, 3.05) is 38.1 Å². The second-order valence-corrected chi connectivity index (χ2v) is 12.1. The van der Waals surface area contributed by atoms with Crippen LogP contribution in [0, 0.1) is 5.92 Å². The Bertz CT molecular complexity index is 1190. The average molecular weight is 531 g/mol. The first kappa shape index (κ1) is 27.4. The first-order valence-electron chi connectivity index (χ1n) is 14.5. The Kier molecular flexibility index (Phi) is 8.08. The lowest BCUT2D eigenvalue weighted by atomic mass is 9.86. The molecule has 0 unspecified atom stereocenters. The fraction of sp³-hybridized carbons (Fsp3) is 0.531. The van der Waals surface area contributed by atoms with Gasteiger partial charge in [-0.15, -0.1) is 0 Å². The van der Waals surface area contributed by atoms with Gasteiger partial charge in [0.25, 0.3) is 0 Å². The molecule has 3 aliphatic heterocycles. The SMILES string of the molecule is CN1CCC[C@H](C(=O)N[C@H](CCc2ccccc2)C(=O)N2CCC(N3C(=O)C(C)(C)c4ccccc43)CC2)C1. The number of hydrogen-bond donors (Lipinski definition) is 1. The number of fused-ring (bicyclic) bond motifs is 1. The number of carbonyl (C=O) groups is 3. The van der Waals surface area contributed by atoms with Gasteiger partial charge in [-0.25, -0.2) is 0 Å². The third-order valence-corrected chi connectivity index (χ3v) is 8.91. The fourth-order valence-corrected chi connectivity index (χ4v) is 6.55. The summed E-state index contributed by atoms with van der Waals surface area (Å²) in [7, 11) is 2.05. The highest BCUT2D eigenvalue weighted by Crippen LogP contribution is 2.43. The number of benzene rings is 2. The molecule has 208 valence electrons. The van der Waals surface area contributed by atoms with Crippen LogP contribution >= 0.6 is 0 Å². The van der Waals surface area contributed by atoms with Crippen LogP contribution in [0.5, 0.6) is 0 Å². The van der Waals surface area contributed by atoms with Crippen LogP contribution in [0.2, 0.25) is 0 Å². The van der Waals surface area contributed by atoms with Crippen molar-refractivity contribution < 1.29 is 14.4 Å². The molecule has 1 N–H and O–H groups in total. The Morgan fingerprint density at radius 1 is 0.974 bits per heavy atom. The molecule has 2 aromatic carbocycles. The van der Waals surface area contributed by atoms with E-state index in [1.165, 1.54) is 0 Å². The maximum atomic E-state index is 13.8. The van der Waals surface area contributed by atoms with Crippen LogP contribution in [0.25, 0.3) is 0 Å². The molecule has 2 fully saturated rings. The lowest BCUT2D eigenvalue weighted by molar-refractivity contribution is -0.139. The topological polar surface area (TPSA) is 73.0 Å². The van der Waals surface area contributed by atoms with E-state index < -0.39 is 11.5 Å². The van der Waals surface area contributed by atoms with E-state index >= 15 is 0 Å². The molecule has 0 aliphatic carbocycles. The summed E-state index contributed by atoms with van der Waals surface area (Å²) in [6, 6.07) is 17.7. The first-order valence-corrected chi connectivity index (χ1v) is 14.5. The summed E-state index contributed by atoms with van der Waals surface area (Å²) >= 11 is 0. The number of carbonyl (C=O) groups excluding carboxylic acids is 3. The molecule has 0 radical (unpaired) electrons. The van der Waals surface area contributed by atoms with E-state index in [2.05, 4.69) is 28.4 Å². The Labute approximate surface area is 232 Å². The number of piperidine rings is 2. The third-order valence-electron chi connectivity index (χ3n) is 8.91. The highest BCUT2D eigenvalue weighted by atomic mass is 16.2. The van der Waals surface area contributed by atoms with Gasteiger partial charge >= 0.3 is 0 Å². The van der Waals surface area contributed by atoms with E-state index in [0.29, 0.717) is 19.5 Å². The predicted octanol–water partition coefficient (Wildman–Crippen LogP) is 3.76. The Morgan fingerprint density at radius 2 is 1.67 bits per heavy atom. The normalized spacial score (nSPS) is 22.4. The van der Waals surface area contributed by atoms with Crippen molar-refractivity contribution in [3.8, 4) is 0 Å². The van der Waals surface area contributed by atoms with Crippen LogP contribution in [0.1, 0.15) is 57.1 Å². The van der Waals surface area contributed by atoms with Gasteiger partial charge in [0.1, 0.15) is 6.04 Å². The van der Waals surface area contributed by atoms with Crippen LogP contribution in [0.3, 0.4) is 0 Å². The molecule has 0 bridgehead atoms. The minimum atomic E-state index is -0.547. The van der Waals surface area contributed by atoms with Crippen LogP contribution in [-0.4, -0.2) is 72.8 Å². The summed E-state index contributed by atoms with van der Waals surface area (Å²) in [4.78, 5) is 46.5. The summed E-state index contributed by atoms with van der Waals surface area (Å²) in [5.41, 5.74) is 2.70. The van der Waals surface area contributed by atoms with E-state index in [-0.39, 0.29) is 29.7 Å². The molecule has 7 nitrogen and oxygen atoms in total. The van der Waals surface area contributed by atoms with Gasteiger partial charge in [-0.2, -0.15) is 0 Å². The maximum absolute atomic E-state index is 13.8. The number of rotatable bonds is 7. The zero-order valence-corrected chi connectivity index (χ0v) is 23.6. The van der Waals surface area contributed by atoms with Crippen LogP contribution in [0.4, 0.5) is 5.69 Å². The largest absolute Gasteiger partial charge is 0.344 e. The van der Waals surface area contributed by atoms with Crippen molar-refractivity contribution in [3.63, 3.8) is 0 Å². The Morgan fingerprint density at radius 3 is 2.38 bits per heavy atom. The second kappa shape index (κ2) is 11.5. The standard InChI is InChI=1S/C32H42N4O3/c1-32(2)26-13-7-8-14-28(26)36(31(32)39)25-17-20-35(21-18-25)30(38)27(16-15-23-10-5-4-6-11-23)33-29(37)24-12-9-19-34(3)22-24/h4-8,10-11,13-14,24-25,27H,9,12,15-22H2,1-3H3,(H,33,37)/t24-,27+/m0/s1. The van der Waals surface area contributed by atoms with E-state index in [1.807, 2.05) is 67.1 Å². The van der Waals surface area contributed by atoms with Crippen LogP contribution < -0.4 is 10.2 Å². The number of likely N-dealkylation sites (tertiary alicyclic amines) is 2. The zero-order chi connectivity index (χ0) is 27.6. The van der Waals surface area contributed by atoms with Crippen LogP contribution in [0.15, 0.2) is 54.6 Å². The molecule has 5 rings (SSSR count). The van der Waals surface area contributed by atoms with E-state index in [0.717, 1.165) is 62.0 Å². The molecule has 2 saturated heterocycles. The lowest BCUT2D eigenvalue weighted by Crippen LogP contribution is -2.55. The Hall–Kier alpha value is -3.19. The zero-order valence-electron chi connectivity index (χ0n) is 23.6. The molecule has 3 heterocycles. The van der Waals surface area contributed by atoms with Gasteiger partial charge in [-0.05, 0) is 83.2 Å². The molecule has 3 aliphatic rings. The van der Waals surface area contributed by atoms with E-state index in [1.54, 1.807) is 0 Å². The number of anilines is 1. The molecular formula is C32H42N4O3. The number of amides is 3. The molecule has 2 atom stereocenters. The smallest absolute Gasteiger partial charge is 0.245 e. The summed E-state index contributed by atoms with van der Waals surface area (Å²) in [5.74, 6) is 0.0461. The molecule has 0 spiro atoms. The lowest BCUT2D eigenvalue weighted by Gasteiger charge is -2.39. The third kappa shape index (κ3) is 5.74. The number of aryl methyl sites for hydroxylation is 1. The van der Waals surface area contributed by atoms with Crippen molar-refractivity contribution in [1.82, 2.24) is 15.1 Å². The molecule has 0 saturated carbocycles. The predicted molar refractivity (Wildman–Crippen MR) is 153 cm³/mol. The molecule has 39 heavy (non-hydrogen) atoms. The van der Waals surface area contributed by atoms with Gasteiger partial charge in [-0.3, -0.25) is 14.4 Å². The number of nitrogens with one attached hydrogen (secondary N) is 1. The highest BCUT2D eigenvalue weighted by molar-refractivity contribution is 6.08. The van der Waals surface area contributed by atoms with Crippen molar-refractivity contribution in [1.29, 1.82) is 0 Å². The van der Waals surface area contributed by atoms with Gasteiger partial charge in [0.05, 0.1) is 11.3 Å². The van der Waals surface area contributed by atoms with Crippen LogP contribution in [-0.2, 0) is 26.2 Å². The number of hydrogen-bond acceptors (Lipinski definition) is 4. The van der Waals surface area contributed by atoms with Gasteiger partial charge < -0.3 is 20.0 Å². The van der Waals surface area contributed by atoms with Crippen molar-refractivity contribution >= 4 is 23.4 Å².